The smallest absolute Gasteiger partial charge is 0.280 e. The van der Waals surface area contributed by atoms with Crippen molar-refractivity contribution in [3.63, 3.8) is 0 Å². The number of guanidine groups is 1. The van der Waals surface area contributed by atoms with E-state index in [2.05, 4.69) is 9.98 Å². The van der Waals surface area contributed by atoms with Gasteiger partial charge in [-0.25, -0.2) is 14.4 Å². The van der Waals surface area contributed by atoms with Crippen molar-refractivity contribution in [3.05, 3.63) is 88.9 Å². The number of hydrogen-bond donors (Lipinski definition) is 1. The van der Waals surface area contributed by atoms with Crippen LogP contribution in [0.25, 0.3) is 11.8 Å². The van der Waals surface area contributed by atoms with Gasteiger partial charge >= 0.3 is 0 Å². The van der Waals surface area contributed by atoms with E-state index >= 15 is 0 Å². The SMILES string of the molecule is Cc1cn(-c2ccc(/C=C3\N=C4N(C)CCC(CO)(c5ccc(F)cc5)N4C3=O)cc2C)cn1. The first-order valence-corrected chi connectivity index (χ1v) is 11.2. The van der Waals surface area contributed by atoms with Gasteiger partial charge in [0, 0.05) is 25.5 Å². The number of rotatable bonds is 4. The molecule has 7 nitrogen and oxygen atoms in total. The number of benzene rings is 2. The van der Waals surface area contributed by atoms with Gasteiger partial charge in [-0.15, -0.1) is 0 Å². The molecule has 0 saturated carbocycles. The number of nitrogens with zero attached hydrogens (tertiary/aromatic N) is 5. The summed E-state index contributed by atoms with van der Waals surface area (Å²) in [6, 6.07) is 11.9. The molecule has 3 heterocycles. The van der Waals surface area contributed by atoms with Crippen molar-refractivity contribution in [3.8, 4) is 5.69 Å². The van der Waals surface area contributed by atoms with Crippen LogP contribution in [0.5, 0.6) is 0 Å². The molecule has 1 aromatic heterocycles. The lowest BCUT2D eigenvalue weighted by molar-refractivity contribution is -0.130. The van der Waals surface area contributed by atoms with Gasteiger partial charge in [-0.2, -0.15) is 0 Å². The Hall–Kier alpha value is -3.78. The Labute approximate surface area is 197 Å². The van der Waals surface area contributed by atoms with Crippen LogP contribution in [-0.2, 0) is 10.3 Å². The molecule has 2 aliphatic rings. The van der Waals surface area contributed by atoms with Gasteiger partial charge in [0.1, 0.15) is 17.1 Å². The minimum absolute atomic E-state index is 0.285. The number of fused-ring (bicyclic) bond motifs is 1. The van der Waals surface area contributed by atoms with Gasteiger partial charge in [-0.1, -0.05) is 18.2 Å². The third kappa shape index (κ3) is 3.51. The van der Waals surface area contributed by atoms with E-state index in [4.69, 9.17) is 0 Å². The molecule has 174 valence electrons. The van der Waals surface area contributed by atoms with Crippen LogP contribution in [-0.4, -0.2) is 56.5 Å². The van der Waals surface area contributed by atoms with Gasteiger partial charge in [0.2, 0.25) is 5.96 Å². The second-order valence-corrected chi connectivity index (χ2v) is 8.92. The Morgan fingerprint density at radius 2 is 1.94 bits per heavy atom. The zero-order chi connectivity index (χ0) is 24.0. The standard InChI is InChI=1S/C26H26FN5O2/c1-17-12-19(4-9-23(17)31-14-18(2)28-16-31)13-22-24(34)32-25(29-22)30(3)11-10-26(32,15-33)20-5-7-21(27)8-6-20/h4-9,12-14,16,33H,10-11,15H2,1-3H3/b22-13-. The summed E-state index contributed by atoms with van der Waals surface area (Å²) in [6.07, 6.45) is 6.01. The average molecular weight is 460 g/mol. The number of carbonyl (C=O) groups is 1. The van der Waals surface area contributed by atoms with E-state index in [1.54, 1.807) is 29.4 Å². The molecular formula is C26H26FN5O2. The number of aliphatic hydroxyl groups is 1. The first-order chi connectivity index (χ1) is 16.3. The molecule has 1 atom stereocenters. The van der Waals surface area contributed by atoms with Gasteiger partial charge in [-0.3, -0.25) is 9.69 Å². The van der Waals surface area contributed by atoms with Gasteiger partial charge < -0.3 is 14.6 Å². The van der Waals surface area contributed by atoms with Crippen molar-refractivity contribution in [2.24, 2.45) is 4.99 Å². The zero-order valence-electron chi connectivity index (χ0n) is 19.4. The molecule has 1 fully saturated rings. The molecule has 1 unspecified atom stereocenters. The number of hydrogen-bond acceptors (Lipinski definition) is 5. The number of aryl methyl sites for hydroxylation is 2. The predicted molar refractivity (Wildman–Crippen MR) is 128 cm³/mol. The number of amides is 1. The minimum Gasteiger partial charge on any atom is -0.394 e. The topological polar surface area (TPSA) is 74.0 Å². The van der Waals surface area contributed by atoms with E-state index in [9.17, 15) is 14.3 Å². The molecule has 0 radical (unpaired) electrons. The Balaban J connectivity index is 1.52. The Kier molecular flexibility index (Phi) is 5.32. The van der Waals surface area contributed by atoms with Crippen LogP contribution in [0.2, 0.25) is 0 Å². The summed E-state index contributed by atoms with van der Waals surface area (Å²) in [5.74, 6) is -0.161. The van der Waals surface area contributed by atoms with E-state index in [0.717, 1.165) is 22.5 Å². The molecular weight excluding hydrogens is 433 g/mol. The van der Waals surface area contributed by atoms with Crippen LogP contribution in [0.4, 0.5) is 4.39 Å². The molecule has 34 heavy (non-hydrogen) atoms. The van der Waals surface area contributed by atoms with Gasteiger partial charge in [0.15, 0.2) is 0 Å². The summed E-state index contributed by atoms with van der Waals surface area (Å²) in [7, 11) is 1.88. The van der Waals surface area contributed by atoms with E-state index in [-0.39, 0.29) is 18.3 Å². The summed E-state index contributed by atoms with van der Waals surface area (Å²) in [4.78, 5) is 26.0. The van der Waals surface area contributed by atoms with E-state index in [1.807, 2.05) is 54.8 Å². The quantitative estimate of drug-likeness (QED) is 0.607. The van der Waals surface area contributed by atoms with Crippen LogP contribution in [0.15, 0.2) is 65.7 Å². The summed E-state index contributed by atoms with van der Waals surface area (Å²) in [6.45, 7) is 4.27. The molecule has 1 saturated heterocycles. The lowest BCUT2D eigenvalue weighted by atomic mass is 9.83. The minimum atomic E-state index is -0.995. The summed E-state index contributed by atoms with van der Waals surface area (Å²) < 4.78 is 15.5. The maximum absolute atomic E-state index is 13.6. The molecule has 3 aromatic rings. The van der Waals surface area contributed by atoms with Crippen molar-refractivity contribution >= 4 is 17.9 Å². The van der Waals surface area contributed by atoms with E-state index in [1.165, 1.54) is 12.1 Å². The first-order valence-electron chi connectivity index (χ1n) is 11.2. The third-order valence-corrected chi connectivity index (χ3v) is 6.63. The largest absolute Gasteiger partial charge is 0.394 e. The number of aromatic nitrogens is 2. The Bertz CT molecular complexity index is 1330. The van der Waals surface area contributed by atoms with E-state index in [0.29, 0.717) is 30.2 Å². The Morgan fingerprint density at radius 3 is 2.59 bits per heavy atom. The fraction of sp³-hybridized carbons (Fsp3) is 0.269. The van der Waals surface area contributed by atoms with Crippen molar-refractivity contribution in [2.45, 2.75) is 25.8 Å². The number of imidazole rings is 1. The van der Waals surface area contributed by atoms with Gasteiger partial charge in [0.25, 0.3) is 5.91 Å². The van der Waals surface area contributed by atoms with Crippen molar-refractivity contribution in [1.82, 2.24) is 19.4 Å². The molecule has 1 amide bonds. The van der Waals surface area contributed by atoms with Crippen molar-refractivity contribution in [1.29, 1.82) is 0 Å². The van der Waals surface area contributed by atoms with Gasteiger partial charge in [-0.05, 0) is 67.3 Å². The number of carbonyl (C=O) groups excluding carboxylic acids is 1. The van der Waals surface area contributed by atoms with Crippen LogP contribution in [0.3, 0.4) is 0 Å². The van der Waals surface area contributed by atoms with Crippen LogP contribution >= 0.6 is 0 Å². The van der Waals surface area contributed by atoms with Crippen molar-refractivity contribution in [2.75, 3.05) is 20.2 Å². The Morgan fingerprint density at radius 1 is 1.18 bits per heavy atom. The molecule has 0 aliphatic carbocycles. The molecule has 0 bridgehead atoms. The number of aliphatic imine (C=N–C) groups is 1. The van der Waals surface area contributed by atoms with Crippen LogP contribution in [0, 0.1) is 19.7 Å². The third-order valence-electron chi connectivity index (χ3n) is 6.63. The maximum Gasteiger partial charge on any atom is 0.280 e. The highest BCUT2D eigenvalue weighted by atomic mass is 19.1. The van der Waals surface area contributed by atoms with Crippen LogP contribution < -0.4 is 0 Å². The van der Waals surface area contributed by atoms with Gasteiger partial charge in [0.05, 0.1) is 18.6 Å². The lowest BCUT2D eigenvalue weighted by Gasteiger charge is -2.47. The van der Waals surface area contributed by atoms with E-state index < -0.39 is 5.54 Å². The average Bonchev–Trinajstić information content (AvgIpc) is 3.40. The summed E-state index contributed by atoms with van der Waals surface area (Å²) in [5.41, 5.74) is 3.83. The fourth-order valence-corrected chi connectivity index (χ4v) is 4.75. The second kappa shape index (κ2) is 8.22. The van der Waals surface area contributed by atoms with Crippen LogP contribution in [0.1, 0.15) is 28.8 Å². The zero-order valence-corrected chi connectivity index (χ0v) is 19.4. The predicted octanol–water partition coefficient (Wildman–Crippen LogP) is 3.39. The summed E-state index contributed by atoms with van der Waals surface area (Å²) >= 11 is 0. The molecule has 5 rings (SSSR count). The monoisotopic (exact) mass is 459 g/mol. The second-order valence-electron chi connectivity index (χ2n) is 8.92. The summed E-state index contributed by atoms with van der Waals surface area (Å²) in [5, 5.41) is 10.5. The molecule has 2 aliphatic heterocycles. The molecule has 1 N–H and O–H groups in total. The number of aliphatic hydroxyl groups excluding tert-OH is 1. The first kappa shape index (κ1) is 22.0. The highest BCUT2D eigenvalue weighted by Crippen LogP contribution is 2.40. The fourth-order valence-electron chi connectivity index (χ4n) is 4.75. The molecule has 0 spiro atoms. The normalized spacial score (nSPS) is 21.3. The highest BCUT2D eigenvalue weighted by molar-refractivity contribution is 6.14. The highest BCUT2D eigenvalue weighted by Gasteiger charge is 2.51. The number of halogens is 1. The molecule has 8 heteroatoms. The lowest BCUT2D eigenvalue weighted by Crippen LogP contribution is -2.61. The van der Waals surface area contributed by atoms with Crippen molar-refractivity contribution < 1.29 is 14.3 Å². The maximum atomic E-state index is 13.6. The molecule has 2 aromatic carbocycles.